The molecular formula is C18H25N3O2. The van der Waals surface area contributed by atoms with Crippen LogP contribution in [0, 0.1) is 5.92 Å². The molecule has 0 radical (unpaired) electrons. The summed E-state index contributed by atoms with van der Waals surface area (Å²) < 4.78 is 7.82. The van der Waals surface area contributed by atoms with Gasteiger partial charge in [-0.1, -0.05) is 6.92 Å². The lowest BCUT2D eigenvalue weighted by Crippen LogP contribution is -2.36. The van der Waals surface area contributed by atoms with E-state index >= 15 is 0 Å². The van der Waals surface area contributed by atoms with Gasteiger partial charge >= 0.3 is 0 Å². The zero-order valence-corrected chi connectivity index (χ0v) is 13.6. The van der Waals surface area contributed by atoms with Crippen LogP contribution < -0.4 is 0 Å². The molecule has 5 heteroatoms. The van der Waals surface area contributed by atoms with E-state index in [-0.39, 0.29) is 0 Å². The van der Waals surface area contributed by atoms with Crippen LogP contribution in [-0.4, -0.2) is 38.5 Å². The third-order valence-corrected chi connectivity index (χ3v) is 4.98. The van der Waals surface area contributed by atoms with Gasteiger partial charge in [-0.3, -0.25) is 9.58 Å². The highest BCUT2D eigenvalue weighted by Gasteiger charge is 2.37. The molecule has 0 unspecified atom stereocenters. The summed E-state index contributed by atoms with van der Waals surface area (Å²) in [6.07, 6.45) is 6.92. The number of furan rings is 1. The summed E-state index contributed by atoms with van der Waals surface area (Å²) in [6, 6.07) is 6.72. The first-order valence-corrected chi connectivity index (χ1v) is 8.67. The van der Waals surface area contributed by atoms with E-state index < -0.39 is 6.10 Å². The molecule has 2 saturated carbocycles. The third-order valence-electron chi connectivity index (χ3n) is 4.98. The largest absolute Gasteiger partial charge is 0.464 e. The number of nitrogens with zero attached hydrogens (tertiary/aromatic N) is 3. The topological polar surface area (TPSA) is 54.4 Å². The molecule has 2 aliphatic carbocycles. The maximum atomic E-state index is 10.4. The molecule has 4 rings (SSSR count). The fourth-order valence-corrected chi connectivity index (χ4v) is 3.33. The Hall–Kier alpha value is -1.59. The number of aliphatic hydroxyl groups is 1. The van der Waals surface area contributed by atoms with Crippen molar-refractivity contribution in [3.63, 3.8) is 0 Å². The summed E-state index contributed by atoms with van der Waals surface area (Å²) in [5.41, 5.74) is 0. The van der Waals surface area contributed by atoms with E-state index in [1.54, 1.807) is 10.9 Å². The van der Waals surface area contributed by atoms with Crippen molar-refractivity contribution in [3.8, 4) is 0 Å². The molecule has 2 aromatic rings. The molecule has 0 aromatic carbocycles. The van der Waals surface area contributed by atoms with Crippen LogP contribution in [0.1, 0.15) is 43.6 Å². The quantitative estimate of drug-likeness (QED) is 0.813. The Morgan fingerprint density at radius 1 is 1.43 bits per heavy atom. The molecule has 0 bridgehead atoms. The Morgan fingerprint density at radius 3 is 2.91 bits per heavy atom. The average molecular weight is 315 g/mol. The van der Waals surface area contributed by atoms with E-state index in [0.29, 0.717) is 25.0 Å². The minimum atomic E-state index is -0.409. The van der Waals surface area contributed by atoms with Crippen molar-refractivity contribution in [3.05, 3.63) is 42.1 Å². The molecule has 2 heterocycles. The zero-order valence-electron chi connectivity index (χ0n) is 13.6. The average Bonchev–Trinajstić information content (AvgIpc) is 3.39. The number of rotatable bonds is 8. The third kappa shape index (κ3) is 3.67. The molecule has 0 aliphatic heterocycles. The summed E-state index contributed by atoms with van der Waals surface area (Å²) in [5, 5.41) is 14.5. The predicted molar refractivity (Wildman–Crippen MR) is 86.9 cm³/mol. The Bertz CT molecular complexity index is 632. The minimum absolute atomic E-state index is 0.409. The fraction of sp³-hybridized carbons (Fsp3) is 0.611. The second-order valence-corrected chi connectivity index (χ2v) is 7.17. The standard InChI is InChI=1S/C18H25N3O2/c1-13-9-17(13)18-6-5-16(23-18)12-20(14-3-4-14)10-15(22)11-21-8-2-7-19-21/h2,5-8,13-15,17,22H,3-4,9-12H2,1H3/t13-,15+,17-/m1/s1. The molecule has 0 saturated heterocycles. The van der Waals surface area contributed by atoms with Gasteiger partial charge in [0.2, 0.25) is 0 Å². The van der Waals surface area contributed by atoms with Crippen molar-refractivity contribution < 1.29 is 9.52 Å². The fourth-order valence-electron chi connectivity index (χ4n) is 3.33. The maximum absolute atomic E-state index is 10.4. The molecule has 23 heavy (non-hydrogen) atoms. The van der Waals surface area contributed by atoms with Crippen LogP contribution in [0.2, 0.25) is 0 Å². The van der Waals surface area contributed by atoms with E-state index in [1.165, 1.54) is 19.3 Å². The van der Waals surface area contributed by atoms with Crippen LogP contribution in [0.15, 0.2) is 35.0 Å². The van der Waals surface area contributed by atoms with Gasteiger partial charge in [0.1, 0.15) is 11.5 Å². The van der Waals surface area contributed by atoms with Crippen LogP contribution in [0.4, 0.5) is 0 Å². The molecular weight excluding hydrogens is 290 g/mol. The first-order valence-electron chi connectivity index (χ1n) is 8.67. The number of aromatic nitrogens is 2. The van der Waals surface area contributed by atoms with Crippen LogP contribution in [-0.2, 0) is 13.1 Å². The van der Waals surface area contributed by atoms with Crippen LogP contribution in [0.3, 0.4) is 0 Å². The zero-order chi connectivity index (χ0) is 15.8. The number of aliphatic hydroxyl groups excluding tert-OH is 1. The van der Waals surface area contributed by atoms with Gasteiger partial charge in [0.05, 0.1) is 19.2 Å². The molecule has 3 atom stereocenters. The SMILES string of the molecule is C[C@@H]1C[C@H]1c1ccc(CN(C[C@H](O)Cn2cccn2)C2CC2)o1. The normalized spacial score (nSPS) is 25.0. The highest BCUT2D eigenvalue weighted by molar-refractivity contribution is 5.17. The second kappa shape index (κ2) is 6.13. The van der Waals surface area contributed by atoms with E-state index in [1.807, 2.05) is 12.3 Å². The maximum Gasteiger partial charge on any atom is 0.118 e. The van der Waals surface area contributed by atoms with Gasteiger partial charge in [0, 0.05) is 30.9 Å². The van der Waals surface area contributed by atoms with Gasteiger partial charge in [-0.2, -0.15) is 5.10 Å². The Kier molecular flexibility index (Phi) is 3.99. The van der Waals surface area contributed by atoms with Gasteiger partial charge in [-0.05, 0) is 43.4 Å². The van der Waals surface area contributed by atoms with Crippen molar-refractivity contribution in [2.75, 3.05) is 6.54 Å². The second-order valence-electron chi connectivity index (χ2n) is 7.17. The molecule has 0 spiro atoms. The Labute approximate surface area is 136 Å². The monoisotopic (exact) mass is 315 g/mol. The van der Waals surface area contributed by atoms with Crippen LogP contribution in [0.5, 0.6) is 0 Å². The lowest BCUT2D eigenvalue weighted by Gasteiger charge is -2.24. The summed E-state index contributed by atoms with van der Waals surface area (Å²) in [6.45, 7) is 4.27. The summed E-state index contributed by atoms with van der Waals surface area (Å²) in [5.74, 6) is 3.56. The summed E-state index contributed by atoms with van der Waals surface area (Å²) in [7, 11) is 0. The highest BCUT2D eigenvalue weighted by Crippen LogP contribution is 2.47. The van der Waals surface area contributed by atoms with Gasteiger partial charge in [-0.25, -0.2) is 0 Å². The lowest BCUT2D eigenvalue weighted by molar-refractivity contribution is 0.0839. The van der Waals surface area contributed by atoms with Crippen molar-refractivity contribution >= 4 is 0 Å². The molecule has 5 nitrogen and oxygen atoms in total. The van der Waals surface area contributed by atoms with E-state index in [4.69, 9.17) is 4.42 Å². The van der Waals surface area contributed by atoms with Gasteiger partial charge in [-0.15, -0.1) is 0 Å². The molecule has 2 aromatic heterocycles. The predicted octanol–water partition coefficient (Wildman–Crippen LogP) is 2.63. The summed E-state index contributed by atoms with van der Waals surface area (Å²) in [4.78, 5) is 2.35. The first kappa shape index (κ1) is 15.0. The van der Waals surface area contributed by atoms with E-state index in [9.17, 15) is 5.11 Å². The smallest absolute Gasteiger partial charge is 0.118 e. The van der Waals surface area contributed by atoms with Gasteiger partial charge in [0.25, 0.3) is 0 Å². The highest BCUT2D eigenvalue weighted by atomic mass is 16.3. The molecule has 0 amide bonds. The minimum Gasteiger partial charge on any atom is -0.464 e. The Morgan fingerprint density at radius 2 is 2.26 bits per heavy atom. The van der Waals surface area contributed by atoms with Gasteiger partial charge < -0.3 is 9.52 Å². The molecule has 2 aliphatic rings. The van der Waals surface area contributed by atoms with Crippen molar-refractivity contribution in [2.45, 2.75) is 57.3 Å². The Balaban J connectivity index is 1.35. The van der Waals surface area contributed by atoms with Crippen LogP contribution in [0.25, 0.3) is 0 Å². The van der Waals surface area contributed by atoms with Crippen molar-refractivity contribution in [2.24, 2.45) is 5.92 Å². The summed E-state index contributed by atoms with van der Waals surface area (Å²) >= 11 is 0. The first-order chi connectivity index (χ1) is 11.2. The number of hydrogen-bond acceptors (Lipinski definition) is 4. The van der Waals surface area contributed by atoms with Crippen molar-refractivity contribution in [1.29, 1.82) is 0 Å². The van der Waals surface area contributed by atoms with E-state index in [0.717, 1.165) is 24.0 Å². The van der Waals surface area contributed by atoms with Crippen molar-refractivity contribution in [1.82, 2.24) is 14.7 Å². The molecule has 124 valence electrons. The van der Waals surface area contributed by atoms with Gasteiger partial charge in [0.15, 0.2) is 0 Å². The number of hydrogen-bond donors (Lipinski definition) is 1. The molecule has 1 N–H and O–H groups in total. The van der Waals surface area contributed by atoms with E-state index in [2.05, 4.69) is 29.1 Å². The lowest BCUT2D eigenvalue weighted by atomic mass is 10.2. The molecule has 2 fully saturated rings. The van der Waals surface area contributed by atoms with Crippen LogP contribution >= 0.6 is 0 Å².